The minimum atomic E-state index is 0.616. The summed E-state index contributed by atoms with van der Waals surface area (Å²) in [6.07, 6.45) is 3.25. The molecule has 0 radical (unpaired) electrons. The van der Waals surface area contributed by atoms with E-state index in [0.29, 0.717) is 28.0 Å². The number of anilines is 2. The first-order valence-corrected chi connectivity index (χ1v) is 11.5. The summed E-state index contributed by atoms with van der Waals surface area (Å²) >= 11 is 6.44. The first kappa shape index (κ1) is 22.5. The van der Waals surface area contributed by atoms with Gasteiger partial charge in [-0.25, -0.2) is 15.1 Å². The smallest absolute Gasteiger partial charge is 0.153 e. The van der Waals surface area contributed by atoms with Crippen molar-refractivity contribution in [3.63, 3.8) is 0 Å². The van der Waals surface area contributed by atoms with E-state index in [1.165, 1.54) is 0 Å². The standard InChI is InChI=1S/C26H22ClN7O/c1-17-9-11-23(26(29-17)21-7-2-3-8-22(21)27)35-20-13-14-28-25(16-20)30-19-6-4-5-18(15-19)10-12-24-31-33-34-32-24/h2-9,11,13-16H,10,12H2,1H3,(H,28,30)(H,31,32,33,34). The Kier molecular flexibility index (Phi) is 6.63. The average molecular weight is 484 g/mol. The van der Waals surface area contributed by atoms with Crippen LogP contribution in [0.2, 0.25) is 5.02 Å². The van der Waals surface area contributed by atoms with Crippen LogP contribution < -0.4 is 10.1 Å². The summed E-state index contributed by atoms with van der Waals surface area (Å²) in [7, 11) is 0. The topological polar surface area (TPSA) is 101 Å². The predicted molar refractivity (Wildman–Crippen MR) is 135 cm³/mol. The number of H-pyrrole nitrogens is 1. The third kappa shape index (κ3) is 5.62. The SMILES string of the molecule is Cc1ccc(Oc2ccnc(Nc3cccc(CCc4nnn[nH]4)c3)c2)c(-c2ccccc2Cl)n1. The van der Waals surface area contributed by atoms with Crippen molar-refractivity contribution in [1.29, 1.82) is 0 Å². The van der Waals surface area contributed by atoms with Crippen molar-refractivity contribution in [1.82, 2.24) is 30.6 Å². The van der Waals surface area contributed by atoms with E-state index in [0.717, 1.165) is 41.2 Å². The number of nitrogens with one attached hydrogen (secondary N) is 2. The van der Waals surface area contributed by atoms with Gasteiger partial charge in [0.25, 0.3) is 0 Å². The molecule has 0 saturated heterocycles. The molecule has 5 aromatic rings. The minimum Gasteiger partial charge on any atom is -0.455 e. The Balaban J connectivity index is 1.34. The van der Waals surface area contributed by atoms with Gasteiger partial charge in [-0.05, 0) is 65.7 Å². The van der Waals surface area contributed by atoms with Crippen molar-refractivity contribution >= 4 is 23.1 Å². The lowest BCUT2D eigenvalue weighted by Gasteiger charge is -2.13. The molecule has 35 heavy (non-hydrogen) atoms. The Morgan fingerprint density at radius 1 is 0.971 bits per heavy atom. The summed E-state index contributed by atoms with van der Waals surface area (Å²) in [6, 6.07) is 23.2. The Bertz CT molecular complexity index is 1440. The highest BCUT2D eigenvalue weighted by molar-refractivity contribution is 6.33. The van der Waals surface area contributed by atoms with E-state index in [1.807, 2.05) is 67.6 Å². The van der Waals surface area contributed by atoms with Crippen LogP contribution in [0.1, 0.15) is 17.1 Å². The van der Waals surface area contributed by atoms with Gasteiger partial charge < -0.3 is 10.1 Å². The molecule has 8 nitrogen and oxygen atoms in total. The fourth-order valence-corrected chi connectivity index (χ4v) is 3.87. The third-order valence-corrected chi connectivity index (χ3v) is 5.65. The van der Waals surface area contributed by atoms with E-state index >= 15 is 0 Å². The maximum absolute atomic E-state index is 6.44. The van der Waals surface area contributed by atoms with Crippen molar-refractivity contribution in [2.45, 2.75) is 19.8 Å². The molecular weight excluding hydrogens is 462 g/mol. The molecule has 0 saturated carbocycles. The second-order valence-corrected chi connectivity index (χ2v) is 8.34. The molecule has 5 rings (SSSR count). The summed E-state index contributed by atoms with van der Waals surface area (Å²) in [5, 5.41) is 17.9. The summed E-state index contributed by atoms with van der Waals surface area (Å²) in [4.78, 5) is 9.12. The Labute approximate surface area is 207 Å². The first-order chi connectivity index (χ1) is 17.1. The molecule has 9 heteroatoms. The number of aromatic amines is 1. The number of hydrogen-bond acceptors (Lipinski definition) is 7. The molecule has 0 unspecified atom stereocenters. The number of benzene rings is 2. The zero-order valence-electron chi connectivity index (χ0n) is 18.9. The van der Waals surface area contributed by atoms with Gasteiger partial charge in [0.15, 0.2) is 5.75 Å². The van der Waals surface area contributed by atoms with Gasteiger partial charge in [0, 0.05) is 35.6 Å². The van der Waals surface area contributed by atoms with E-state index < -0.39 is 0 Å². The van der Waals surface area contributed by atoms with Crippen molar-refractivity contribution < 1.29 is 4.74 Å². The largest absolute Gasteiger partial charge is 0.455 e. The summed E-state index contributed by atoms with van der Waals surface area (Å²) in [5.74, 6) is 2.68. The third-order valence-electron chi connectivity index (χ3n) is 5.32. The quantitative estimate of drug-likeness (QED) is 0.281. The summed E-state index contributed by atoms with van der Waals surface area (Å²) in [6.45, 7) is 1.94. The van der Waals surface area contributed by atoms with E-state index in [2.05, 4.69) is 48.0 Å². The van der Waals surface area contributed by atoms with E-state index in [9.17, 15) is 0 Å². The van der Waals surface area contributed by atoms with Crippen molar-refractivity contribution in [2.24, 2.45) is 0 Å². The minimum absolute atomic E-state index is 0.616. The van der Waals surface area contributed by atoms with Crippen molar-refractivity contribution in [3.05, 3.63) is 101 Å². The van der Waals surface area contributed by atoms with Gasteiger partial charge in [0.2, 0.25) is 0 Å². The van der Waals surface area contributed by atoms with Crippen molar-refractivity contribution in [3.8, 4) is 22.8 Å². The summed E-state index contributed by atoms with van der Waals surface area (Å²) in [5.41, 5.74) is 4.48. The molecule has 2 aromatic carbocycles. The first-order valence-electron chi connectivity index (χ1n) is 11.1. The predicted octanol–water partition coefficient (Wildman–Crippen LogP) is 5.94. The van der Waals surface area contributed by atoms with Gasteiger partial charge in [0.05, 0.1) is 5.02 Å². The van der Waals surface area contributed by atoms with Crippen LogP contribution in [-0.2, 0) is 12.8 Å². The van der Waals surface area contributed by atoms with Crippen LogP contribution >= 0.6 is 11.6 Å². The van der Waals surface area contributed by atoms with Crippen LogP contribution in [0.4, 0.5) is 11.5 Å². The number of tetrazole rings is 1. The number of aromatic nitrogens is 6. The Hall–Kier alpha value is -4.30. The number of rotatable bonds is 8. The zero-order chi connectivity index (χ0) is 24.0. The van der Waals surface area contributed by atoms with E-state index in [4.69, 9.17) is 16.3 Å². The molecule has 0 bridgehead atoms. The molecule has 0 aliphatic rings. The van der Waals surface area contributed by atoms with Gasteiger partial charge in [-0.2, -0.15) is 0 Å². The number of aryl methyl sites for hydroxylation is 3. The second kappa shape index (κ2) is 10.3. The number of ether oxygens (including phenoxy) is 1. The van der Waals surface area contributed by atoms with Crippen LogP contribution in [0.15, 0.2) is 79.0 Å². The van der Waals surface area contributed by atoms with Crippen LogP contribution in [0.5, 0.6) is 11.5 Å². The average Bonchev–Trinajstić information content (AvgIpc) is 3.39. The van der Waals surface area contributed by atoms with Gasteiger partial charge in [-0.1, -0.05) is 41.9 Å². The molecule has 0 amide bonds. The molecule has 3 aromatic heterocycles. The molecule has 0 aliphatic carbocycles. The number of nitrogens with zero attached hydrogens (tertiary/aromatic N) is 5. The van der Waals surface area contributed by atoms with Crippen LogP contribution in [0, 0.1) is 6.92 Å². The maximum atomic E-state index is 6.44. The second-order valence-electron chi connectivity index (χ2n) is 7.93. The normalized spacial score (nSPS) is 10.8. The van der Waals surface area contributed by atoms with E-state index in [-0.39, 0.29) is 0 Å². The zero-order valence-corrected chi connectivity index (χ0v) is 19.7. The van der Waals surface area contributed by atoms with Gasteiger partial charge in [-0.3, -0.25) is 0 Å². The van der Waals surface area contributed by atoms with Gasteiger partial charge in [-0.15, -0.1) is 5.10 Å². The lowest BCUT2D eigenvalue weighted by Crippen LogP contribution is -1.98. The number of hydrogen-bond donors (Lipinski definition) is 2. The lowest BCUT2D eigenvalue weighted by atomic mass is 10.1. The van der Waals surface area contributed by atoms with Gasteiger partial charge >= 0.3 is 0 Å². The molecule has 2 N–H and O–H groups in total. The molecule has 3 heterocycles. The fourth-order valence-electron chi connectivity index (χ4n) is 3.64. The van der Waals surface area contributed by atoms with Crippen LogP contribution in [-0.4, -0.2) is 30.6 Å². The fraction of sp³-hybridized carbons (Fsp3) is 0.115. The molecule has 0 spiro atoms. The molecule has 174 valence electrons. The van der Waals surface area contributed by atoms with Gasteiger partial charge in [0.1, 0.15) is 23.1 Å². The molecule has 0 atom stereocenters. The highest BCUT2D eigenvalue weighted by Gasteiger charge is 2.13. The molecule has 0 aliphatic heterocycles. The van der Waals surface area contributed by atoms with Crippen LogP contribution in [0.25, 0.3) is 11.3 Å². The molecule has 0 fully saturated rings. The molecular formula is C26H22ClN7O. The highest BCUT2D eigenvalue weighted by Crippen LogP contribution is 2.36. The maximum Gasteiger partial charge on any atom is 0.153 e. The Morgan fingerprint density at radius 3 is 2.74 bits per heavy atom. The Morgan fingerprint density at radius 2 is 1.89 bits per heavy atom. The van der Waals surface area contributed by atoms with Crippen LogP contribution in [0.3, 0.4) is 0 Å². The monoisotopic (exact) mass is 483 g/mol. The van der Waals surface area contributed by atoms with E-state index in [1.54, 1.807) is 6.20 Å². The number of halogens is 1. The highest BCUT2D eigenvalue weighted by atomic mass is 35.5. The summed E-state index contributed by atoms with van der Waals surface area (Å²) < 4.78 is 6.23. The number of pyridine rings is 2. The van der Waals surface area contributed by atoms with Crippen molar-refractivity contribution in [2.75, 3.05) is 5.32 Å². The lowest BCUT2D eigenvalue weighted by molar-refractivity contribution is 0.482.